The summed E-state index contributed by atoms with van der Waals surface area (Å²) in [4.78, 5) is 8.03. The van der Waals surface area contributed by atoms with Crippen LogP contribution in [0.4, 0.5) is 16.0 Å². The van der Waals surface area contributed by atoms with Crippen molar-refractivity contribution in [3.05, 3.63) is 83.6 Å². The Morgan fingerprint density at radius 2 is 1.68 bits per heavy atom. The van der Waals surface area contributed by atoms with Crippen LogP contribution in [0.1, 0.15) is 75.0 Å². The Kier molecular flexibility index (Phi) is 11.3. The number of anilines is 2. The van der Waals surface area contributed by atoms with Gasteiger partial charge in [-0.1, -0.05) is 75.9 Å². The quantitative estimate of drug-likeness (QED) is 0.158. The van der Waals surface area contributed by atoms with E-state index in [1.807, 2.05) is 35.0 Å². The third-order valence-corrected chi connectivity index (χ3v) is 6.12. The fourth-order valence-electron chi connectivity index (χ4n) is 4.02. The molecular formula is C29H39FN6O. The molecular weight excluding hydrogens is 467 g/mol. The van der Waals surface area contributed by atoms with E-state index in [2.05, 4.69) is 46.4 Å². The molecule has 0 radical (unpaired) electrons. The number of benzene rings is 1. The fraction of sp³-hybridized carbons (Fsp3) is 0.414. The van der Waals surface area contributed by atoms with Gasteiger partial charge in [-0.05, 0) is 42.4 Å². The van der Waals surface area contributed by atoms with Crippen LogP contribution in [-0.2, 0) is 13.0 Å². The summed E-state index contributed by atoms with van der Waals surface area (Å²) in [7, 11) is 0. The van der Waals surface area contributed by atoms with Gasteiger partial charge in [0.2, 0.25) is 5.95 Å². The second kappa shape index (κ2) is 14.9. The van der Waals surface area contributed by atoms with E-state index in [4.69, 9.17) is 10.8 Å². The van der Waals surface area contributed by atoms with Gasteiger partial charge in [0.05, 0.1) is 6.20 Å². The van der Waals surface area contributed by atoms with Crippen molar-refractivity contribution >= 4 is 17.3 Å². The average molecular weight is 507 g/mol. The van der Waals surface area contributed by atoms with Gasteiger partial charge in [-0.15, -0.1) is 0 Å². The van der Waals surface area contributed by atoms with Crippen molar-refractivity contribution in [3.63, 3.8) is 0 Å². The van der Waals surface area contributed by atoms with Gasteiger partial charge in [-0.25, -0.2) is 9.97 Å². The molecule has 3 heterocycles. The maximum atomic E-state index is 12.5. The molecule has 0 bridgehead atoms. The minimum Gasteiger partial charge on any atom is -0.396 e. The predicted molar refractivity (Wildman–Crippen MR) is 148 cm³/mol. The van der Waals surface area contributed by atoms with Gasteiger partial charge >= 0.3 is 0 Å². The monoisotopic (exact) mass is 506 g/mol. The summed E-state index contributed by atoms with van der Waals surface area (Å²) in [5.41, 5.74) is 10.2. The Hall–Kier alpha value is -3.52. The lowest BCUT2D eigenvalue weighted by Gasteiger charge is -2.10. The molecule has 3 aromatic heterocycles. The van der Waals surface area contributed by atoms with Crippen LogP contribution in [0.2, 0.25) is 0 Å². The number of halogens is 1. The van der Waals surface area contributed by atoms with Crippen molar-refractivity contribution in [1.82, 2.24) is 19.6 Å². The largest absolute Gasteiger partial charge is 0.396 e. The number of aromatic nitrogens is 4. The highest BCUT2D eigenvalue weighted by Crippen LogP contribution is 2.23. The number of hydrogen-bond donors (Lipinski definition) is 3. The minimum atomic E-state index is -0.409. The third-order valence-electron chi connectivity index (χ3n) is 6.12. The molecule has 8 heteroatoms. The zero-order valence-electron chi connectivity index (χ0n) is 21.9. The molecule has 0 saturated heterocycles. The van der Waals surface area contributed by atoms with Crippen molar-refractivity contribution < 1.29 is 9.50 Å². The SMILES string of the molecule is CC(C)c1cnn2c(NCc3ccccc3)cc(N)nc12.OCCCCCCCCc1ccc(F)nc1. The zero-order chi connectivity index (χ0) is 26.5. The molecule has 0 amide bonds. The van der Waals surface area contributed by atoms with Gasteiger partial charge in [0.25, 0.3) is 0 Å². The lowest BCUT2D eigenvalue weighted by Crippen LogP contribution is -2.07. The van der Waals surface area contributed by atoms with E-state index in [-0.39, 0.29) is 0 Å². The summed E-state index contributed by atoms with van der Waals surface area (Å²) in [6.07, 6.45) is 11.2. The number of aryl methyl sites for hydroxylation is 1. The van der Waals surface area contributed by atoms with Crippen LogP contribution in [0, 0.1) is 5.95 Å². The first-order valence-electron chi connectivity index (χ1n) is 13.1. The second-order valence-electron chi connectivity index (χ2n) is 9.48. The van der Waals surface area contributed by atoms with Gasteiger partial charge in [-0.3, -0.25) is 0 Å². The number of aliphatic hydroxyl groups is 1. The summed E-state index contributed by atoms with van der Waals surface area (Å²) in [5.74, 6) is 1.31. The second-order valence-corrected chi connectivity index (χ2v) is 9.48. The van der Waals surface area contributed by atoms with Gasteiger partial charge in [0.15, 0.2) is 5.65 Å². The smallest absolute Gasteiger partial charge is 0.212 e. The summed E-state index contributed by atoms with van der Waals surface area (Å²) in [5, 5.41) is 16.4. The first kappa shape index (κ1) is 28.1. The molecule has 0 aliphatic heterocycles. The van der Waals surface area contributed by atoms with E-state index in [1.54, 1.807) is 12.3 Å². The highest BCUT2D eigenvalue weighted by molar-refractivity contribution is 5.59. The molecule has 0 spiro atoms. The Bertz CT molecular complexity index is 1190. The molecule has 0 atom stereocenters. The molecule has 7 nitrogen and oxygen atoms in total. The van der Waals surface area contributed by atoms with Gasteiger partial charge in [0.1, 0.15) is 11.6 Å². The number of nitrogen functional groups attached to an aromatic ring is 1. The molecule has 0 unspecified atom stereocenters. The topological polar surface area (TPSA) is 101 Å². The first-order valence-corrected chi connectivity index (χ1v) is 13.1. The van der Waals surface area contributed by atoms with Crippen molar-refractivity contribution in [2.75, 3.05) is 17.7 Å². The summed E-state index contributed by atoms with van der Waals surface area (Å²) < 4.78 is 14.3. The Morgan fingerprint density at radius 3 is 2.35 bits per heavy atom. The van der Waals surface area contributed by atoms with Crippen molar-refractivity contribution in [3.8, 4) is 0 Å². The lowest BCUT2D eigenvalue weighted by molar-refractivity contribution is 0.282. The highest BCUT2D eigenvalue weighted by Gasteiger charge is 2.12. The maximum absolute atomic E-state index is 12.5. The molecule has 0 aliphatic rings. The van der Waals surface area contributed by atoms with E-state index in [9.17, 15) is 4.39 Å². The molecule has 0 saturated carbocycles. The Morgan fingerprint density at radius 1 is 0.946 bits per heavy atom. The molecule has 0 aliphatic carbocycles. The minimum absolute atomic E-state index is 0.307. The summed E-state index contributed by atoms with van der Waals surface area (Å²) >= 11 is 0. The van der Waals surface area contributed by atoms with Crippen molar-refractivity contribution in [2.24, 2.45) is 0 Å². The van der Waals surface area contributed by atoms with Crippen LogP contribution < -0.4 is 11.1 Å². The lowest BCUT2D eigenvalue weighted by atomic mass is 10.1. The third kappa shape index (κ3) is 9.13. The Labute approximate surface area is 219 Å². The van der Waals surface area contributed by atoms with E-state index in [0.717, 1.165) is 54.8 Å². The fourth-order valence-corrected chi connectivity index (χ4v) is 4.02. The number of rotatable bonds is 12. The highest BCUT2D eigenvalue weighted by atomic mass is 19.1. The molecule has 37 heavy (non-hydrogen) atoms. The zero-order valence-corrected chi connectivity index (χ0v) is 21.9. The number of unbranched alkanes of at least 4 members (excludes halogenated alkanes) is 5. The normalized spacial score (nSPS) is 10.9. The van der Waals surface area contributed by atoms with Crippen LogP contribution in [0.25, 0.3) is 5.65 Å². The number of nitrogens with one attached hydrogen (secondary N) is 1. The number of pyridine rings is 1. The first-order chi connectivity index (χ1) is 18.0. The maximum Gasteiger partial charge on any atom is 0.212 e. The van der Waals surface area contributed by atoms with E-state index in [0.29, 0.717) is 18.3 Å². The van der Waals surface area contributed by atoms with E-state index >= 15 is 0 Å². The number of aliphatic hydroxyl groups excluding tert-OH is 1. The van der Waals surface area contributed by atoms with Gasteiger partial charge in [0, 0.05) is 31.0 Å². The molecule has 0 fully saturated rings. The molecule has 4 N–H and O–H groups in total. The van der Waals surface area contributed by atoms with E-state index < -0.39 is 5.95 Å². The summed E-state index contributed by atoms with van der Waals surface area (Å²) in [6, 6.07) is 15.2. The predicted octanol–water partition coefficient (Wildman–Crippen LogP) is 6.14. The molecule has 1 aromatic carbocycles. The number of hydrogen-bond acceptors (Lipinski definition) is 6. The average Bonchev–Trinajstić information content (AvgIpc) is 3.33. The van der Waals surface area contributed by atoms with Crippen LogP contribution in [0.3, 0.4) is 0 Å². The van der Waals surface area contributed by atoms with Gasteiger partial charge in [-0.2, -0.15) is 14.0 Å². The summed E-state index contributed by atoms with van der Waals surface area (Å²) in [6.45, 7) is 5.27. The number of nitrogens with two attached hydrogens (primary N) is 1. The van der Waals surface area contributed by atoms with Crippen LogP contribution in [0.5, 0.6) is 0 Å². The molecule has 4 rings (SSSR count). The van der Waals surface area contributed by atoms with Crippen LogP contribution in [0.15, 0.2) is 60.9 Å². The van der Waals surface area contributed by atoms with E-state index in [1.165, 1.54) is 30.9 Å². The van der Waals surface area contributed by atoms with Crippen molar-refractivity contribution in [2.45, 2.75) is 71.3 Å². The van der Waals surface area contributed by atoms with Crippen LogP contribution in [-0.4, -0.2) is 31.3 Å². The molecule has 4 aromatic rings. The standard InChI is InChI=1S/C16H19N5.C13H20FNO/c1-11(2)13-10-19-21-15(8-14(17)20-16(13)21)18-9-12-6-4-3-5-7-12;14-13-9-8-12(11-15-13)7-5-3-1-2-4-6-10-16/h3-8,10-11,18H,9H2,1-2H3,(H2,17,20);8-9,11,16H,1-7,10H2. The van der Waals surface area contributed by atoms with Gasteiger partial charge < -0.3 is 16.2 Å². The number of fused-ring (bicyclic) bond motifs is 1. The number of nitrogens with zero attached hydrogens (tertiary/aromatic N) is 4. The Balaban J connectivity index is 0.000000214. The van der Waals surface area contributed by atoms with Crippen molar-refractivity contribution in [1.29, 1.82) is 0 Å². The van der Waals surface area contributed by atoms with Crippen LogP contribution >= 0.6 is 0 Å². The molecule has 198 valence electrons.